The zero-order chi connectivity index (χ0) is 17.6. The van der Waals surface area contributed by atoms with Crippen molar-refractivity contribution in [1.29, 1.82) is 0 Å². The van der Waals surface area contributed by atoms with E-state index in [1.165, 1.54) is 0 Å². The molecular weight excluding hydrogens is 316 g/mol. The maximum absolute atomic E-state index is 12.1. The smallest absolute Gasteiger partial charge is 0.347 e. The van der Waals surface area contributed by atoms with Gasteiger partial charge in [0.1, 0.15) is 12.4 Å². The molecule has 1 unspecified atom stereocenters. The summed E-state index contributed by atoms with van der Waals surface area (Å²) >= 11 is 0. The fourth-order valence-corrected chi connectivity index (χ4v) is 2.38. The molecule has 0 aliphatic rings. The van der Waals surface area contributed by atoms with Gasteiger partial charge in [0.05, 0.1) is 5.69 Å². The Morgan fingerprint density at radius 1 is 1.16 bits per heavy atom. The molecule has 0 saturated carbocycles. The van der Waals surface area contributed by atoms with Crippen LogP contribution in [-0.4, -0.2) is 21.9 Å². The van der Waals surface area contributed by atoms with Crippen LogP contribution in [0.3, 0.4) is 0 Å². The molecule has 1 heterocycles. The Labute approximate surface area is 146 Å². The minimum atomic E-state index is -0.662. The number of nitrogens with zero attached hydrogens (tertiary/aromatic N) is 2. The van der Waals surface area contributed by atoms with Crippen molar-refractivity contribution in [2.75, 3.05) is 0 Å². The Bertz CT molecular complexity index is 826. The van der Waals surface area contributed by atoms with Crippen molar-refractivity contribution >= 4 is 5.97 Å². The summed E-state index contributed by atoms with van der Waals surface area (Å²) in [6.45, 7) is 3.87. The molecule has 0 aliphatic heterocycles. The van der Waals surface area contributed by atoms with Crippen LogP contribution < -0.4 is 4.74 Å². The summed E-state index contributed by atoms with van der Waals surface area (Å²) in [7, 11) is 0. The van der Waals surface area contributed by atoms with Gasteiger partial charge in [0.2, 0.25) is 0 Å². The van der Waals surface area contributed by atoms with E-state index >= 15 is 0 Å². The highest BCUT2D eigenvalue weighted by atomic mass is 16.6. The van der Waals surface area contributed by atoms with Crippen LogP contribution in [0.15, 0.2) is 67.0 Å². The van der Waals surface area contributed by atoms with Gasteiger partial charge < -0.3 is 9.47 Å². The van der Waals surface area contributed by atoms with Crippen molar-refractivity contribution in [3.05, 3.63) is 78.1 Å². The number of benzene rings is 2. The molecule has 0 bridgehead atoms. The van der Waals surface area contributed by atoms with Crippen LogP contribution in [-0.2, 0) is 16.1 Å². The van der Waals surface area contributed by atoms with Gasteiger partial charge in [-0.1, -0.05) is 24.3 Å². The normalized spacial score (nSPS) is 11.8. The van der Waals surface area contributed by atoms with Crippen LogP contribution in [0.1, 0.15) is 18.1 Å². The third-order valence-electron chi connectivity index (χ3n) is 3.72. The first-order valence-electron chi connectivity index (χ1n) is 8.11. The lowest BCUT2D eigenvalue weighted by Crippen LogP contribution is -2.26. The van der Waals surface area contributed by atoms with Gasteiger partial charge in [-0.05, 0) is 55.3 Å². The Hall–Kier alpha value is -3.08. The standard InChI is InChI=1S/C20H20N2O3/c1-15-5-3-6-19(13-15)25-16(2)20(23)24-14-17-7-9-18(10-8-17)22-12-4-11-21-22/h3-13,16H,14H2,1-2H3. The topological polar surface area (TPSA) is 53.4 Å². The summed E-state index contributed by atoms with van der Waals surface area (Å²) in [6, 6.07) is 17.1. The van der Waals surface area contributed by atoms with Gasteiger partial charge in [-0.25, -0.2) is 9.48 Å². The lowest BCUT2D eigenvalue weighted by Gasteiger charge is -2.14. The van der Waals surface area contributed by atoms with Crippen molar-refractivity contribution in [3.63, 3.8) is 0 Å². The Morgan fingerprint density at radius 3 is 2.64 bits per heavy atom. The van der Waals surface area contributed by atoms with Crippen LogP contribution in [0.5, 0.6) is 5.75 Å². The predicted octanol–water partition coefficient (Wildman–Crippen LogP) is 3.69. The van der Waals surface area contributed by atoms with Gasteiger partial charge in [-0.3, -0.25) is 0 Å². The maximum atomic E-state index is 12.1. The van der Waals surface area contributed by atoms with E-state index in [0.29, 0.717) is 5.75 Å². The van der Waals surface area contributed by atoms with Crippen LogP contribution >= 0.6 is 0 Å². The molecule has 0 aliphatic carbocycles. The van der Waals surface area contributed by atoms with E-state index in [0.717, 1.165) is 16.8 Å². The van der Waals surface area contributed by atoms with Gasteiger partial charge in [-0.2, -0.15) is 5.10 Å². The van der Waals surface area contributed by atoms with Gasteiger partial charge in [-0.15, -0.1) is 0 Å². The summed E-state index contributed by atoms with van der Waals surface area (Å²) in [6.07, 6.45) is 2.94. The molecule has 0 radical (unpaired) electrons. The average molecular weight is 336 g/mol. The molecule has 3 aromatic rings. The Balaban J connectivity index is 1.53. The van der Waals surface area contributed by atoms with E-state index in [1.54, 1.807) is 17.8 Å². The second-order valence-electron chi connectivity index (χ2n) is 5.80. The van der Waals surface area contributed by atoms with Gasteiger partial charge in [0, 0.05) is 12.4 Å². The lowest BCUT2D eigenvalue weighted by molar-refractivity contribution is -0.152. The monoisotopic (exact) mass is 336 g/mol. The molecule has 128 valence electrons. The third kappa shape index (κ3) is 4.47. The summed E-state index contributed by atoms with van der Waals surface area (Å²) in [5, 5.41) is 4.17. The quantitative estimate of drug-likeness (QED) is 0.644. The van der Waals surface area contributed by atoms with Crippen LogP contribution in [0, 0.1) is 6.92 Å². The predicted molar refractivity (Wildman–Crippen MR) is 94.6 cm³/mol. The average Bonchev–Trinajstić information content (AvgIpc) is 3.14. The van der Waals surface area contributed by atoms with E-state index in [4.69, 9.17) is 9.47 Å². The van der Waals surface area contributed by atoms with Crippen molar-refractivity contribution in [2.24, 2.45) is 0 Å². The number of rotatable bonds is 6. The SMILES string of the molecule is Cc1cccc(OC(C)C(=O)OCc2ccc(-n3cccn3)cc2)c1. The van der Waals surface area contributed by atoms with Gasteiger partial charge >= 0.3 is 5.97 Å². The number of aryl methyl sites for hydroxylation is 1. The summed E-state index contributed by atoms with van der Waals surface area (Å²) in [5.41, 5.74) is 2.94. The number of aromatic nitrogens is 2. The lowest BCUT2D eigenvalue weighted by atomic mass is 10.2. The molecule has 0 spiro atoms. The Kier molecular flexibility index (Phi) is 5.14. The molecule has 25 heavy (non-hydrogen) atoms. The number of hydrogen-bond acceptors (Lipinski definition) is 4. The fraction of sp³-hybridized carbons (Fsp3) is 0.200. The highest BCUT2D eigenvalue weighted by Gasteiger charge is 2.16. The van der Waals surface area contributed by atoms with E-state index < -0.39 is 12.1 Å². The van der Waals surface area contributed by atoms with Crippen LogP contribution in [0.2, 0.25) is 0 Å². The van der Waals surface area contributed by atoms with Crippen LogP contribution in [0.25, 0.3) is 5.69 Å². The molecule has 0 amide bonds. The van der Waals surface area contributed by atoms with Crippen LogP contribution in [0.4, 0.5) is 0 Å². The molecular formula is C20H20N2O3. The minimum absolute atomic E-state index is 0.208. The Morgan fingerprint density at radius 2 is 1.96 bits per heavy atom. The highest BCUT2D eigenvalue weighted by Crippen LogP contribution is 2.15. The first kappa shape index (κ1) is 16.8. The van der Waals surface area contributed by atoms with Crippen molar-refractivity contribution < 1.29 is 14.3 Å². The summed E-state index contributed by atoms with van der Waals surface area (Å²) in [4.78, 5) is 12.1. The number of carbonyl (C=O) groups excluding carboxylic acids is 1. The number of hydrogen-bond donors (Lipinski definition) is 0. The second-order valence-corrected chi connectivity index (χ2v) is 5.80. The number of carbonyl (C=O) groups is 1. The molecule has 0 saturated heterocycles. The molecule has 3 rings (SSSR count). The van der Waals surface area contributed by atoms with Gasteiger partial charge in [0.15, 0.2) is 6.10 Å². The van der Waals surface area contributed by atoms with E-state index in [-0.39, 0.29) is 6.61 Å². The highest BCUT2D eigenvalue weighted by molar-refractivity contribution is 5.74. The zero-order valence-electron chi connectivity index (χ0n) is 14.3. The molecule has 1 atom stereocenters. The van der Waals surface area contributed by atoms with Crippen molar-refractivity contribution in [2.45, 2.75) is 26.6 Å². The largest absolute Gasteiger partial charge is 0.479 e. The molecule has 0 N–H and O–H groups in total. The van der Waals surface area contributed by atoms with E-state index in [1.807, 2.05) is 67.7 Å². The van der Waals surface area contributed by atoms with Crippen molar-refractivity contribution in [3.8, 4) is 11.4 Å². The fourth-order valence-electron chi connectivity index (χ4n) is 2.38. The van der Waals surface area contributed by atoms with Crippen molar-refractivity contribution in [1.82, 2.24) is 9.78 Å². The maximum Gasteiger partial charge on any atom is 0.347 e. The third-order valence-corrected chi connectivity index (χ3v) is 3.72. The van der Waals surface area contributed by atoms with E-state index in [2.05, 4.69) is 5.10 Å². The summed E-state index contributed by atoms with van der Waals surface area (Å²) in [5.74, 6) is 0.269. The summed E-state index contributed by atoms with van der Waals surface area (Å²) < 4.78 is 12.7. The molecule has 2 aromatic carbocycles. The molecule has 0 fully saturated rings. The molecule has 1 aromatic heterocycles. The minimum Gasteiger partial charge on any atom is -0.479 e. The first-order valence-corrected chi connectivity index (χ1v) is 8.11. The zero-order valence-corrected chi connectivity index (χ0v) is 14.3. The first-order chi connectivity index (χ1) is 12.1. The molecule has 5 heteroatoms. The number of ether oxygens (including phenoxy) is 2. The van der Waals surface area contributed by atoms with E-state index in [9.17, 15) is 4.79 Å². The second kappa shape index (κ2) is 7.66. The van der Waals surface area contributed by atoms with Gasteiger partial charge in [0.25, 0.3) is 0 Å². The molecule has 5 nitrogen and oxygen atoms in total. The number of esters is 1.